The van der Waals surface area contributed by atoms with Crippen molar-refractivity contribution in [2.24, 2.45) is 0 Å². The fourth-order valence-corrected chi connectivity index (χ4v) is 0.849. The van der Waals surface area contributed by atoms with E-state index < -0.39 is 17.1 Å². The summed E-state index contributed by atoms with van der Waals surface area (Å²) < 4.78 is 9.09. The predicted octanol–water partition coefficient (Wildman–Crippen LogP) is 2.81. The second kappa shape index (κ2) is 5.11. The van der Waals surface area contributed by atoms with Crippen molar-refractivity contribution in [2.75, 3.05) is 5.75 Å². The molecule has 0 N–H and O–H groups in total. The molecule has 13 heavy (non-hydrogen) atoms. The second-order valence-corrected chi connectivity index (χ2v) is 4.45. The van der Waals surface area contributed by atoms with Gasteiger partial charge in [0, 0.05) is 5.75 Å². The van der Waals surface area contributed by atoms with Crippen LogP contribution in [0.4, 0.5) is 9.59 Å². The van der Waals surface area contributed by atoms with Crippen LogP contribution >= 0.6 is 11.8 Å². The van der Waals surface area contributed by atoms with Gasteiger partial charge in [0.2, 0.25) is 0 Å². The van der Waals surface area contributed by atoms with E-state index in [4.69, 9.17) is 4.74 Å². The van der Waals surface area contributed by atoms with Gasteiger partial charge in [0.1, 0.15) is 5.60 Å². The van der Waals surface area contributed by atoms with Gasteiger partial charge in [-0.15, -0.1) is 0 Å². The average Bonchev–Trinajstić information content (AvgIpc) is 1.81. The first-order valence-corrected chi connectivity index (χ1v) is 4.91. The molecule has 4 nitrogen and oxygen atoms in total. The highest BCUT2D eigenvalue weighted by Gasteiger charge is 2.19. The summed E-state index contributed by atoms with van der Waals surface area (Å²) in [6, 6.07) is 0. The van der Waals surface area contributed by atoms with E-state index in [0.717, 1.165) is 11.8 Å². The number of carbonyl (C=O) groups excluding carboxylic acids is 2. The van der Waals surface area contributed by atoms with Crippen molar-refractivity contribution in [2.45, 2.75) is 33.3 Å². The monoisotopic (exact) mass is 206 g/mol. The molecule has 0 saturated heterocycles. The molecule has 76 valence electrons. The van der Waals surface area contributed by atoms with Gasteiger partial charge in [0.15, 0.2) is 0 Å². The molecule has 0 aliphatic rings. The summed E-state index contributed by atoms with van der Waals surface area (Å²) >= 11 is 0.924. The van der Waals surface area contributed by atoms with Crippen LogP contribution in [-0.4, -0.2) is 22.8 Å². The van der Waals surface area contributed by atoms with Crippen LogP contribution in [0.1, 0.15) is 27.7 Å². The van der Waals surface area contributed by atoms with Gasteiger partial charge in [-0.1, -0.05) is 6.92 Å². The molecule has 0 heterocycles. The average molecular weight is 206 g/mol. The first-order valence-electron chi connectivity index (χ1n) is 3.92. The summed E-state index contributed by atoms with van der Waals surface area (Å²) in [5, 5.41) is -0.628. The van der Waals surface area contributed by atoms with Crippen LogP contribution in [-0.2, 0) is 9.47 Å². The Morgan fingerprint density at radius 1 is 1.31 bits per heavy atom. The lowest BCUT2D eigenvalue weighted by Gasteiger charge is -2.17. The van der Waals surface area contributed by atoms with Crippen LogP contribution in [0.3, 0.4) is 0 Å². The number of ether oxygens (including phenoxy) is 2. The maximum atomic E-state index is 10.9. The third-order valence-electron chi connectivity index (χ3n) is 0.818. The molecule has 0 aromatic carbocycles. The molecular formula is C8H14O4S. The molecule has 0 aliphatic carbocycles. The minimum absolute atomic E-state index is 0.571. The maximum Gasteiger partial charge on any atom is 0.517 e. The number of rotatable bonds is 1. The van der Waals surface area contributed by atoms with Crippen molar-refractivity contribution in [3.8, 4) is 0 Å². The molecule has 0 atom stereocenters. The second-order valence-electron chi connectivity index (χ2n) is 3.25. The highest BCUT2D eigenvalue weighted by Crippen LogP contribution is 2.11. The van der Waals surface area contributed by atoms with E-state index >= 15 is 0 Å². The molecule has 5 heteroatoms. The summed E-state index contributed by atoms with van der Waals surface area (Å²) in [5.74, 6) is 0.571. The van der Waals surface area contributed by atoms with Gasteiger partial charge < -0.3 is 9.47 Å². The van der Waals surface area contributed by atoms with Gasteiger partial charge in [-0.25, -0.2) is 9.59 Å². The van der Waals surface area contributed by atoms with Crippen LogP contribution in [0.15, 0.2) is 0 Å². The predicted molar refractivity (Wildman–Crippen MR) is 50.8 cm³/mol. The van der Waals surface area contributed by atoms with E-state index in [-0.39, 0.29) is 0 Å². The highest BCUT2D eigenvalue weighted by atomic mass is 32.2. The van der Waals surface area contributed by atoms with E-state index in [0.29, 0.717) is 5.75 Å². The van der Waals surface area contributed by atoms with Crippen LogP contribution in [0.5, 0.6) is 0 Å². The first kappa shape index (κ1) is 12.3. The van der Waals surface area contributed by atoms with E-state index in [1.165, 1.54) is 0 Å². The first-order chi connectivity index (χ1) is 5.85. The quantitative estimate of drug-likeness (QED) is 0.487. The minimum Gasteiger partial charge on any atom is -0.428 e. The number of hydrogen-bond acceptors (Lipinski definition) is 5. The minimum atomic E-state index is -0.946. The Kier molecular flexibility index (Phi) is 4.83. The summed E-state index contributed by atoms with van der Waals surface area (Å²) in [5.41, 5.74) is -0.631. The number of thioether (sulfide) groups is 1. The molecule has 0 amide bonds. The Hall–Kier alpha value is -0.710. The van der Waals surface area contributed by atoms with Gasteiger partial charge in [0.05, 0.1) is 0 Å². The molecule has 0 unspecified atom stereocenters. The summed E-state index contributed by atoms with van der Waals surface area (Å²) in [4.78, 5) is 21.6. The molecule has 0 radical (unpaired) electrons. The van der Waals surface area contributed by atoms with Gasteiger partial charge >= 0.3 is 11.5 Å². The zero-order valence-electron chi connectivity index (χ0n) is 8.25. The van der Waals surface area contributed by atoms with Crippen LogP contribution in [0, 0.1) is 0 Å². The summed E-state index contributed by atoms with van der Waals surface area (Å²) in [6.07, 6.45) is -0.946. The van der Waals surface area contributed by atoms with Crippen LogP contribution in [0.25, 0.3) is 0 Å². The van der Waals surface area contributed by atoms with Crippen molar-refractivity contribution in [1.82, 2.24) is 0 Å². The molecule has 0 saturated carbocycles. The van der Waals surface area contributed by atoms with E-state index in [2.05, 4.69) is 4.74 Å². The Bertz CT molecular complexity index is 195. The van der Waals surface area contributed by atoms with Crippen molar-refractivity contribution < 1.29 is 19.1 Å². The van der Waals surface area contributed by atoms with Gasteiger partial charge in [0.25, 0.3) is 0 Å². The molecular weight excluding hydrogens is 192 g/mol. The lowest BCUT2D eigenvalue weighted by Crippen LogP contribution is -2.25. The third kappa shape index (κ3) is 7.64. The van der Waals surface area contributed by atoms with E-state index in [1.807, 2.05) is 0 Å². The fourth-order valence-electron chi connectivity index (χ4n) is 0.486. The topological polar surface area (TPSA) is 52.6 Å². The Balaban J connectivity index is 3.82. The number of carbonyl (C=O) groups is 2. The molecule has 0 fully saturated rings. The molecule has 0 aromatic rings. The smallest absolute Gasteiger partial charge is 0.428 e. The SMILES string of the molecule is CCSC(=O)OC(=O)OC(C)(C)C. The lowest BCUT2D eigenvalue weighted by atomic mass is 10.2. The van der Waals surface area contributed by atoms with Crippen molar-refractivity contribution in [3.63, 3.8) is 0 Å². The molecule has 0 aliphatic heterocycles. The Labute approximate surface area is 82.0 Å². The van der Waals surface area contributed by atoms with Crippen molar-refractivity contribution >= 4 is 23.2 Å². The highest BCUT2D eigenvalue weighted by molar-refractivity contribution is 8.13. The van der Waals surface area contributed by atoms with Crippen LogP contribution in [0.2, 0.25) is 0 Å². The molecule has 0 spiro atoms. The van der Waals surface area contributed by atoms with E-state index in [1.54, 1.807) is 27.7 Å². The Morgan fingerprint density at radius 2 is 1.85 bits per heavy atom. The summed E-state index contributed by atoms with van der Waals surface area (Å²) in [7, 11) is 0. The maximum absolute atomic E-state index is 10.9. The van der Waals surface area contributed by atoms with Gasteiger partial charge in [-0.3, -0.25) is 0 Å². The molecule has 0 aromatic heterocycles. The van der Waals surface area contributed by atoms with Gasteiger partial charge in [-0.05, 0) is 32.5 Å². The zero-order valence-corrected chi connectivity index (χ0v) is 9.06. The molecule has 0 rings (SSSR count). The standard InChI is InChI=1S/C8H14O4S/c1-5-13-7(10)11-6(9)12-8(2,3)4/h5H2,1-4H3. The normalized spacial score (nSPS) is 10.8. The fraction of sp³-hybridized carbons (Fsp3) is 0.750. The molecule has 0 bridgehead atoms. The Morgan fingerprint density at radius 3 is 2.23 bits per heavy atom. The van der Waals surface area contributed by atoms with Crippen LogP contribution < -0.4 is 0 Å². The lowest BCUT2D eigenvalue weighted by molar-refractivity contribution is 0.0130. The van der Waals surface area contributed by atoms with Gasteiger partial charge in [-0.2, -0.15) is 0 Å². The van der Waals surface area contributed by atoms with E-state index in [9.17, 15) is 9.59 Å². The van der Waals surface area contributed by atoms with Crippen molar-refractivity contribution in [1.29, 1.82) is 0 Å². The zero-order chi connectivity index (χ0) is 10.5. The third-order valence-corrected chi connectivity index (χ3v) is 1.43. The number of hydrogen-bond donors (Lipinski definition) is 0. The summed E-state index contributed by atoms with van der Waals surface area (Å²) in [6.45, 7) is 6.89. The van der Waals surface area contributed by atoms with Crippen molar-refractivity contribution in [3.05, 3.63) is 0 Å². The largest absolute Gasteiger partial charge is 0.517 e.